The van der Waals surface area contributed by atoms with Gasteiger partial charge in [0.25, 0.3) is 0 Å². The molecule has 3 N–H and O–H groups in total. The first-order valence-corrected chi connectivity index (χ1v) is 9.36. The molecule has 26 heavy (non-hydrogen) atoms. The van der Waals surface area contributed by atoms with Crippen LogP contribution in [0.5, 0.6) is 0 Å². The lowest BCUT2D eigenvalue weighted by molar-refractivity contribution is -0.118. The Morgan fingerprint density at radius 2 is 2.08 bits per heavy atom. The van der Waals surface area contributed by atoms with Gasteiger partial charge in [-0.05, 0) is 19.9 Å². The number of nitrogens with one attached hydrogen (secondary N) is 1. The topological polar surface area (TPSA) is 107 Å². The fourth-order valence-corrected chi connectivity index (χ4v) is 3.85. The van der Waals surface area contributed by atoms with E-state index in [9.17, 15) is 9.59 Å². The average Bonchev–Trinajstić information content (AvgIpc) is 3.22. The van der Waals surface area contributed by atoms with Gasteiger partial charge in [-0.15, -0.1) is 10.2 Å². The number of aromatic nitrogens is 4. The maximum Gasteiger partial charge on any atom is 0.217 e. The van der Waals surface area contributed by atoms with Crippen molar-refractivity contribution in [2.75, 3.05) is 0 Å². The summed E-state index contributed by atoms with van der Waals surface area (Å²) in [5.41, 5.74) is 6.83. The largest absolute Gasteiger partial charge is 0.370 e. The van der Waals surface area contributed by atoms with Gasteiger partial charge in [-0.2, -0.15) is 0 Å². The van der Waals surface area contributed by atoms with E-state index in [0.29, 0.717) is 29.5 Å². The number of aryl methyl sites for hydroxylation is 1. The quantitative estimate of drug-likeness (QED) is 0.467. The highest BCUT2D eigenvalue weighted by Crippen LogP contribution is 2.28. The first-order valence-electron chi connectivity index (χ1n) is 8.48. The highest BCUT2D eigenvalue weighted by atomic mass is 32.2. The van der Waals surface area contributed by atoms with E-state index in [4.69, 9.17) is 5.73 Å². The van der Waals surface area contributed by atoms with Crippen LogP contribution in [0.2, 0.25) is 0 Å². The summed E-state index contributed by atoms with van der Waals surface area (Å²) < 4.78 is 1.92. The second kappa shape index (κ2) is 7.74. The minimum atomic E-state index is -0.368. The molecule has 2 heterocycles. The van der Waals surface area contributed by atoms with Gasteiger partial charge in [0.2, 0.25) is 5.91 Å². The fraction of sp³-hybridized carbons (Fsp3) is 0.333. The molecule has 2 aromatic heterocycles. The fourth-order valence-electron chi connectivity index (χ4n) is 2.85. The molecule has 1 aromatic carbocycles. The molecule has 0 aliphatic rings. The van der Waals surface area contributed by atoms with E-state index in [1.807, 2.05) is 42.7 Å². The number of carbonyl (C=O) groups excluding carboxylic acids is 2. The number of aromatic amines is 1. The number of carbonyl (C=O) groups is 2. The molecule has 0 bridgehead atoms. The third-order valence-electron chi connectivity index (χ3n) is 4.21. The Morgan fingerprint density at radius 1 is 1.31 bits per heavy atom. The molecule has 0 saturated heterocycles. The van der Waals surface area contributed by atoms with Crippen LogP contribution in [0.15, 0.2) is 35.6 Å². The van der Waals surface area contributed by atoms with Gasteiger partial charge in [-0.25, -0.2) is 0 Å². The second-order valence-electron chi connectivity index (χ2n) is 5.98. The molecule has 8 heteroatoms. The van der Waals surface area contributed by atoms with Crippen molar-refractivity contribution in [3.05, 3.63) is 41.9 Å². The van der Waals surface area contributed by atoms with E-state index in [1.54, 1.807) is 6.20 Å². The molecule has 7 nitrogen and oxygen atoms in total. The van der Waals surface area contributed by atoms with Crippen LogP contribution in [0, 0.1) is 0 Å². The number of primary amides is 1. The third-order valence-corrected chi connectivity index (χ3v) is 5.29. The molecule has 1 atom stereocenters. The summed E-state index contributed by atoms with van der Waals surface area (Å²) in [5.74, 6) is 0.380. The zero-order valence-corrected chi connectivity index (χ0v) is 15.5. The van der Waals surface area contributed by atoms with Crippen molar-refractivity contribution in [3.63, 3.8) is 0 Å². The summed E-state index contributed by atoms with van der Waals surface area (Å²) in [4.78, 5) is 27.0. The van der Waals surface area contributed by atoms with Crippen LogP contribution in [0.3, 0.4) is 0 Å². The maximum atomic E-state index is 12.9. The summed E-state index contributed by atoms with van der Waals surface area (Å²) in [6.45, 7) is 4.51. The van der Waals surface area contributed by atoms with Gasteiger partial charge in [0, 0.05) is 42.0 Å². The summed E-state index contributed by atoms with van der Waals surface area (Å²) in [5, 5.41) is 9.63. The first-order chi connectivity index (χ1) is 12.5. The van der Waals surface area contributed by atoms with Crippen molar-refractivity contribution in [1.29, 1.82) is 0 Å². The van der Waals surface area contributed by atoms with Gasteiger partial charge < -0.3 is 15.3 Å². The SMILES string of the molecule is CCn1c(CCC(N)=O)nnc1SC(C)C(=O)c1c[nH]c2ccccc12. The molecule has 136 valence electrons. The number of amides is 1. The van der Waals surface area contributed by atoms with E-state index in [-0.39, 0.29) is 23.4 Å². The highest BCUT2D eigenvalue weighted by Gasteiger charge is 2.23. The van der Waals surface area contributed by atoms with Gasteiger partial charge in [-0.3, -0.25) is 9.59 Å². The Morgan fingerprint density at radius 3 is 2.81 bits per heavy atom. The summed E-state index contributed by atoms with van der Waals surface area (Å²) in [7, 11) is 0. The number of Topliss-reactive ketones (excluding diaryl/α,β-unsaturated/α-hetero) is 1. The molecule has 3 aromatic rings. The molecule has 0 aliphatic carbocycles. The van der Waals surface area contributed by atoms with E-state index in [1.165, 1.54) is 11.8 Å². The molecule has 1 amide bonds. The Balaban J connectivity index is 1.78. The number of ketones is 1. The number of H-pyrrole nitrogens is 1. The number of nitrogens with two attached hydrogens (primary N) is 1. The molecule has 1 unspecified atom stereocenters. The van der Waals surface area contributed by atoms with Gasteiger partial charge in [-0.1, -0.05) is 30.0 Å². The molecule has 0 spiro atoms. The monoisotopic (exact) mass is 371 g/mol. The van der Waals surface area contributed by atoms with E-state index >= 15 is 0 Å². The second-order valence-corrected chi connectivity index (χ2v) is 7.29. The smallest absolute Gasteiger partial charge is 0.217 e. The van der Waals surface area contributed by atoms with Gasteiger partial charge in [0.1, 0.15) is 5.82 Å². The number of benzene rings is 1. The lowest BCUT2D eigenvalue weighted by Crippen LogP contribution is -2.15. The number of para-hydroxylation sites is 1. The zero-order valence-electron chi connectivity index (χ0n) is 14.7. The number of nitrogens with zero attached hydrogens (tertiary/aromatic N) is 3. The molecule has 3 rings (SSSR count). The standard InChI is InChI=1S/C18H21N5O2S/c1-3-23-16(9-8-15(19)24)21-22-18(23)26-11(2)17(25)13-10-20-14-7-5-4-6-12(13)14/h4-7,10-11,20H,3,8-9H2,1-2H3,(H2,19,24). The number of hydrogen-bond donors (Lipinski definition) is 2. The number of thioether (sulfide) groups is 1. The zero-order chi connectivity index (χ0) is 18.7. The number of fused-ring (bicyclic) bond motifs is 1. The van der Waals surface area contributed by atoms with Gasteiger partial charge in [0.15, 0.2) is 10.9 Å². The third kappa shape index (κ3) is 3.65. The molecule has 0 saturated carbocycles. The molecule has 0 radical (unpaired) electrons. The molecule has 0 fully saturated rings. The Kier molecular flexibility index (Phi) is 5.41. The lowest BCUT2D eigenvalue weighted by atomic mass is 10.1. The molecular weight excluding hydrogens is 350 g/mol. The predicted octanol–water partition coefficient (Wildman–Crippen LogP) is 2.56. The summed E-state index contributed by atoms with van der Waals surface area (Å²) in [6.07, 6.45) is 2.43. The van der Waals surface area contributed by atoms with Gasteiger partial charge >= 0.3 is 0 Å². The average molecular weight is 371 g/mol. The number of rotatable bonds is 8. The summed E-state index contributed by atoms with van der Waals surface area (Å²) >= 11 is 1.37. The Bertz CT molecular complexity index is 946. The van der Waals surface area contributed by atoms with Crippen molar-refractivity contribution >= 4 is 34.4 Å². The minimum Gasteiger partial charge on any atom is -0.370 e. The van der Waals surface area contributed by atoms with E-state index < -0.39 is 0 Å². The molecule has 0 aliphatic heterocycles. The summed E-state index contributed by atoms with van der Waals surface area (Å²) in [6, 6.07) is 7.74. The normalized spacial score (nSPS) is 12.4. The first kappa shape index (κ1) is 18.2. The van der Waals surface area contributed by atoms with Crippen LogP contribution in [-0.4, -0.2) is 36.7 Å². The van der Waals surface area contributed by atoms with Crippen LogP contribution in [0.4, 0.5) is 0 Å². The van der Waals surface area contributed by atoms with E-state index in [2.05, 4.69) is 15.2 Å². The van der Waals surface area contributed by atoms with Crippen LogP contribution in [0.25, 0.3) is 10.9 Å². The number of hydrogen-bond acceptors (Lipinski definition) is 5. The van der Waals surface area contributed by atoms with Crippen molar-refractivity contribution in [2.45, 2.75) is 43.6 Å². The predicted molar refractivity (Wildman–Crippen MR) is 101 cm³/mol. The van der Waals surface area contributed by atoms with Crippen molar-refractivity contribution in [2.24, 2.45) is 5.73 Å². The van der Waals surface area contributed by atoms with E-state index in [0.717, 1.165) is 10.9 Å². The maximum absolute atomic E-state index is 12.9. The Labute approximate surface area is 155 Å². The van der Waals surface area contributed by atoms with Gasteiger partial charge in [0.05, 0.1) is 5.25 Å². The lowest BCUT2D eigenvalue weighted by Gasteiger charge is -2.11. The van der Waals surface area contributed by atoms with Crippen molar-refractivity contribution in [3.8, 4) is 0 Å². The van der Waals surface area contributed by atoms with Crippen LogP contribution in [-0.2, 0) is 17.8 Å². The minimum absolute atomic E-state index is 0.0387. The van der Waals surface area contributed by atoms with Crippen LogP contribution in [0.1, 0.15) is 36.5 Å². The van der Waals surface area contributed by atoms with Crippen LogP contribution < -0.4 is 5.73 Å². The Hall–Kier alpha value is -2.61. The van der Waals surface area contributed by atoms with Crippen molar-refractivity contribution in [1.82, 2.24) is 19.7 Å². The highest BCUT2D eigenvalue weighted by molar-refractivity contribution is 8.00. The van der Waals surface area contributed by atoms with Crippen molar-refractivity contribution < 1.29 is 9.59 Å². The molecular formula is C18H21N5O2S. The van der Waals surface area contributed by atoms with Crippen LogP contribution >= 0.6 is 11.8 Å².